The average Bonchev–Trinajstić information content (AvgIpc) is 2.65. The van der Waals surface area contributed by atoms with Crippen LogP contribution in [-0.2, 0) is 27.5 Å². The Morgan fingerprint density at radius 1 is 1.28 bits per heavy atom. The van der Waals surface area contributed by atoms with Crippen molar-refractivity contribution in [2.45, 2.75) is 23.5 Å². The summed E-state index contributed by atoms with van der Waals surface area (Å²) in [6, 6.07) is 9.01. The van der Waals surface area contributed by atoms with Crippen molar-refractivity contribution >= 4 is 31.9 Å². The van der Waals surface area contributed by atoms with Gasteiger partial charge in [-0.3, -0.25) is 4.79 Å². The van der Waals surface area contributed by atoms with Crippen LogP contribution in [0.3, 0.4) is 0 Å². The fourth-order valence-corrected chi connectivity index (χ4v) is 4.86. The summed E-state index contributed by atoms with van der Waals surface area (Å²) in [7, 11) is -4.34. The van der Waals surface area contributed by atoms with Gasteiger partial charge in [-0.1, -0.05) is 28.1 Å². The third-order valence-corrected chi connectivity index (χ3v) is 6.19. The second-order valence-corrected chi connectivity index (χ2v) is 8.91. The monoisotopic (exact) mass is 487 g/mol. The van der Waals surface area contributed by atoms with E-state index in [9.17, 15) is 26.4 Å². The van der Waals surface area contributed by atoms with Crippen LogP contribution in [0.25, 0.3) is 0 Å². The van der Waals surface area contributed by atoms with E-state index in [2.05, 4.69) is 21.2 Å². The summed E-state index contributed by atoms with van der Waals surface area (Å²) >= 11 is 3.09. The van der Waals surface area contributed by atoms with Crippen molar-refractivity contribution in [3.8, 4) is 6.07 Å². The van der Waals surface area contributed by atoms with Crippen molar-refractivity contribution in [1.29, 1.82) is 5.26 Å². The summed E-state index contributed by atoms with van der Waals surface area (Å²) in [4.78, 5) is 12.3. The molecule has 11 heteroatoms. The second-order valence-electron chi connectivity index (χ2n) is 6.31. The predicted octanol–water partition coefficient (Wildman–Crippen LogP) is 3.03. The zero-order valence-corrected chi connectivity index (χ0v) is 17.0. The summed E-state index contributed by atoms with van der Waals surface area (Å²) < 4.78 is 67.1. The molecule has 0 spiro atoms. The van der Waals surface area contributed by atoms with E-state index in [-0.39, 0.29) is 34.7 Å². The SMILES string of the molecule is N#Cc1cc(Br)cc(S(=O)(=O)NC(=O)C2CNCc3c2cccc3C(F)(F)F)c1. The largest absolute Gasteiger partial charge is 0.416 e. The molecule has 6 nitrogen and oxygen atoms in total. The van der Waals surface area contributed by atoms with E-state index < -0.39 is 33.6 Å². The van der Waals surface area contributed by atoms with E-state index >= 15 is 0 Å². The maximum absolute atomic E-state index is 13.3. The Morgan fingerprint density at radius 3 is 2.66 bits per heavy atom. The minimum atomic E-state index is -4.60. The number of carbonyl (C=O) groups is 1. The maximum atomic E-state index is 13.3. The summed E-state index contributed by atoms with van der Waals surface area (Å²) in [5.74, 6) is -2.09. The number of halogens is 4. The van der Waals surface area contributed by atoms with Crippen molar-refractivity contribution < 1.29 is 26.4 Å². The standard InChI is InChI=1S/C18H13BrF3N3O3S/c19-11-4-10(7-23)5-12(6-11)29(27,28)25-17(26)15-9-24-8-14-13(15)2-1-3-16(14)18(20,21)22/h1-6,15,24H,8-9H2,(H,25,26). The van der Waals surface area contributed by atoms with E-state index in [0.29, 0.717) is 4.47 Å². The number of benzene rings is 2. The number of hydrogen-bond acceptors (Lipinski definition) is 5. The van der Waals surface area contributed by atoms with E-state index in [1.54, 1.807) is 6.07 Å². The van der Waals surface area contributed by atoms with Crippen LogP contribution in [0.5, 0.6) is 0 Å². The first-order chi connectivity index (χ1) is 13.5. The number of nitriles is 1. The van der Waals surface area contributed by atoms with Gasteiger partial charge in [-0.2, -0.15) is 18.4 Å². The average molecular weight is 488 g/mol. The van der Waals surface area contributed by atoms with Crippen LogP contribution in [0, 0.1) is 11.3 Å². The molecule has 0 aliphatic carbocycles. The smallest absolute Gasteiger partial charge is 0.312 e. The lowest BCUT2D eigenvalue weighted by molar-refractivity contribution is -0.138. The van der Waals surface area contributed by atoms with Crippen molar-refractivity contribution in [1.82, 2.24) is 10.0 Å². The third-order valence-electron chi connectivity index (χ3n) is 4.41. The van der Waals surface area contributed by atoms with E-state index in [4.69, 9.17) is 5.26 Å². The highest BCUT2D eigenvalue weighted by molar-refractivity contribution is 9.10. The van der Waals surface area contributed by atoms with Gasteiger partial charge >= 0.3 is 6.18 Å². The van der Waals surface area contributed by atoms with Gasteiger partial charge in [0.25, 0.3) is 10.0 Å². The van der Waals surface area contributed by atoms with Crippen LogP contribution in [0.2, 0.25) is 0 Å². The Bertz CT molecular complexity index is 1130. The first-order valence-corrected chi connectivity index (χ1v) is 10.5. The number of alkyl halides is 3. The quantitative estimate of drug-likeness (QED) is 0.693. The zero-order chi connectivity index (χ0) is 21.4. The molecule has 2 N–H and O–H groups in total. The molecule has 0 aromatic heterocycles. The molecule has 1 aliphatic heterocycles. The maximum Gasteiger partial charge on any atom is 0.416 e. The number of amides is 1. The van der Waals surface area contributed by atoms with E-state index in [0.717, 1.165) is 12.1 Å². The molecule has 1 aliphatic rings. The molecule has 2 aromatic rings. The molecule has 0 saturated carbocycles. The number of nitrogens with one attached hydrogen (secondary N) is 2. The molecule has 1 amide bonds. The summed E-state index contributed by atoms with van der Waals surface area (Å²) in [6.45, 7) is -0.101. The number of carbonyl (C=O) groups excluding carboxylic acids is 1. The first kappa shape index (κ1) is 21.3. The van der Waals surface area contributed by atoms with Gasteiger partial charge in [-0.15, -0.1) is 0 Å². The first-order valence-electron chi connectivity index (χ1n) is 8.20. The Morgan fingerprint density at radius 2 is 2.00 bits per heavy atom. The van der Waals surface area contributed by atoms with Crippen molar-refractivity contribution in [3.63, 3.8) is 0 Å². The zero-order valence-electron chi connectivity index (χ0n) is 14.5. The topological polar surface area (TPSA) is 99.1 Å². The lowest BCUT2D eigenvalue weighted by atomic mass is 9.87. The minimum Gasteiger partial charge on any atom is -0.312 e. The van der Waals surface area contributed by atoms with Crippen molar-refractivity contribution in [3.05, 3.63) is 63.1 Å². The highest BCUT2D eigenvalue weighted by atomic mass is 79.9. The Kier molecular flexibility index (Phi) is 5.71. The number of sulfonamides is 1. The molecule has 152 valence electrons. The van der Waals surface area contributed by atoms with E-state index in [1.165, 1.54) is 24.3 Å². The molecular formula is C18H13BrF3N3O3S. The normalized spacial score (nSPS) is 16.6. The van der Waals surface area contributed by atoms with Gasteiger partial charge in [-0.25, -0.2) is 13.1 Å². The van der Waals surface area contributed by atoms with Crippen molar-refractivity contribution in [2.75, 3.05) is 6.54 Å². The second kappa shape index (κ2) is 7.78. The van der Waals surface area contributed by atoms with Gasteiger partial charge in [0.2, 0.25) is 5.91 Å². The molecular weight excluding hydrogens is 475 g/mol. The summed E-state index contributed by atoms with van der Waals surface area (Å²) in [5, 5.41) is 11.7. The molecule has 29 heavy (non-hydrogen) atoms. The molecule has 3 rings (SSSR count). The van der Waals surface area contributed by atoms with Crippen LogP contribution in [-0.4, -0.2) is 20.9 Å². The highest BCUT2D eigenvalue weighted by Crippen LogP contribution is 2.37. The van der Waals surface area contributed by atoms with Gasteiger partial charge in [0.15, 0.2) is 0 Å². The molecule has 0 fully saturated rings. The fraction of sp³-hybridized carbons (Fsp3) is 0.222. The van der Waals surface area contributed by atoms with Crippen LogP contribution in [0.15, 0.2) is 45.8 Å². The van der Waals surface area contributed by atoms with Crippen molar-refractivity contribution in [2.24, 2.45) is 0 Å². The Labute approximate surface area is 172 Å². The van der Waals surface area contributed by atoms with Gasteiger partial charge in [0.05, 0.1) is 28.0 Å². The summed E-state index contributed by atoms with van der Waals surface area (Å²) in [5.41, 5.74) is -0.767. The number of rotatable bonds is 3. The fourth-order valence-electron chi connectivity index (χ4n) is 3.12. The van der Waals surface area contributed by atoms with Gasteiger partial charge < -0.3 is 5.32 Å². The van der Waals surface area contributed by atoms with Crippen LogP contribution < -0.4 is 10.0 Å². The lowest BCUT2D eigenvalue weighted by Gasteiger charge is -2.28. The Balaban J connectivity index is 1.94. The molecule has 1 heterocycles. The van der Waals surface area contributed by atoms with Gasteiger partial charge in [0, 0.05) is 17.6 Å². The molecule has 1 unspecified atom stereocenters. The predicted molar refractivity (Wildman–Crippen MR) is 100 cm³/mol. The number of hydrogen-bond donors (Lipinski definition) is 2. The van der Waals surface area contributed by atoms with Gasteiger partial charge in [-0.05, 0) is 35.4 Å². The van der Waals surface area contributed by atoms with Gasteiger partial charge in [0.1, 0.15) is 0 Å². The number of fused-ring (bicyclic) bond motifs is 1. The molecule has 0 bridgehead atoms. The summed E-state index contributed by atoms with van der Waals surface area (Å²) in [6.07, 6.45) is -4.60. The van der Waals surface area contributed by atoms with E-state index in [1.807, 2.05) is 4.72 Å². The van der Waals surface area contributed by atoms with Crippen LogP contribution in [0.1, 0.15) is 28.2 Å². The molecule has 0 radical (unpaired) electrons. The van der Waals surface area contributed by atoms with Crippen LogP contribution >= 0.6 is 15.9 Å². The van der Waals surface area contributed by atoms with Crippen LogP contribution in [0.4, 0.5) is 13.2 Å². The number of nitrogens with zero attached hydrogens (tertiary/aromatic N) is 1. The lowest BCUT2D eigenvalue weighted by Crippen LogP contribution is -2.41. The highest BCUT2D eigenvalue weighted by Gasteiger charge is 2.38. The minimum absolute atomic E-state index is 0.0163. The Hall–Kier alpha value is -2.42. The molecule has 2 aromatic carbocycles. The third kappa shape index (κ3) is 4.44. The molecule has 0 saturated heterocycles. The molecule has 1 atom stereocenters.